The third-order valence-electron chi connectivity index (χ3n) is 2.23. The van der Waals surface area contributed by atoms with Gasteiger partial charge in [0.2, 0.25) is 0 Å². The molecule has 2 unspecified atom stereocenters. The average Bonchev–Trinajstić information content (AvgIpc) is 2.13. The van der Waals surface area contributed by atoms with E-state index in [0.29, 0.717) is 6.42 Å². The zero-order chi connectivity index (χ0) is 10.3. The largest absolute Gasteiger partial charge is 0.469 e. The normalized spacial score (nSPS) is 15.1. The monoisotopic (exact) mass is 188 g/mol. The van der Waals surface area contributed by atoms with Gasteiger partial charge in [0.05, 0.1) is 19.6 Å². The summed E-state index contributed by atoms with van der Waals surface area (Å²) in [4.78, 5) is 10.9. The van der Waals surface area contributed by atoms with E-state index in [9.17, 15) is 9.90 Å². The summed E-state index contributed by atoms with van der Waals surface area (Å²) in [7, 11) is 1.37. The molecule has 0 aromatic rings. The van der Waals surface area contributed by atoms with Crippen molar-refractivity contribution in [2.24, 2.45) is 5.92 Å². The number of hydrogen-bond donors (Lipinski definition) is 1. The molecule has 2 atom stereocenters. The number of rotatable bonds is 6. The van der Waals surface area contributed by atoms with Gasteiger partial charge in [0, 0.05) is 0 Å². The summed E-state index contributed by atoms with van der Waals surface area (Å²) in [6, 6.07) is 0. The number of carbonyl (C=O) groups is 1. The first-order chi connectivity index (χ1) is 6.11. The SMILES string of the molecule is CCCCC(O)C(C)CC(=O)OC. The molecule has 3 nitrogen and oxygen atoms in total. The predicted molar refractivity (Wildman–Crippen MR) is 51.3 cm³/mol. The van der Waals surface area contributed by atoms with E-state index in [0.717, 1.165) is 19.3 Å². The Kier molecular flexibility index (Phi) is 6.59. The lowest BCUT2D eigenvalue weighted by Gasteiger charge is -2.16. The molecule has 0 aliphatic heterocycles. The Bertz CT molecular complexity index is 145. The quantitative estimate of drug-likeness (QED) is 0.646. The highest BCUT2D eigenvalue weighted by Crippen LogP contribution is 2.14. The summed E-state index contributed by atoms with van der Waals surface area (Å²) in [6.07, 6.45) is 2.78. The van der Waals surface area contributed by atoms with E-state index in [1.807, 2.05) is 6.92 Å². The highest BCUT2D eigenvalue weighted by Gasteiger charge is 2.17. The van der Waals surface area contributed by atoms with E-state index >= 15 is 0 Å². The van der Waals surface area contributed by atoms with Crippen molar-refractivity contribution >= 4 is 5.97 Å². The molecule has 1 N–H and O–H groups in total. The minimum atomic E-state index is -0.376. The first-order valence-corrected chi connectivity index (χ1v) is 4.86. The smallest absolute Gasteiger partial charge is 0.305 e. The zero-order valence-electron chi connectivity index (χ0n) is 8.75. The van der Waals surface area contributed by atoms with Crippen LogP contribution in [0, 0.1) is 5.92 Å². The van der Waals surface area contributed by atoms with Crippen molar-refractivity contribution in [2.45, 2.75) is 45.6 Å². The first kappa shape index (κ1) is 12.4. The fourth-order valence-electron chi connectivity index (χ4n) is 1.18. The minimum Gasteiger partial charge on any atom is -0.469 e. The van der Waals surface area contributed by atoms with Gasteiger partial charge in [-0.15, -0.1) is 0 Å². The van der Waals surface area contributed by atoms with E-state index < -0.39 is 0 Å². The predicted octanol–water partition coefficient (Wildman–Crippen LogP) is 1.74. The molecule has 13 heavy (non-hydrogen) atoms. The first-order valence-electron chi connectivity index (χ1n) is 4.86. The molecule has 0 radical (unpaired) electrons. The van der Waals surface area contributed by atoms with E-state index in [2.05, 4.69) is 11.7 Å². The molecule has 0 spiro atoms. The third kappa shape index (κ3) is 5.64. The number of ether oxygens (including phenoxy) is 1. The molecule has 3 heteroatoms. The van der Waals surface area contributed by atoms with Gasteiger partial charge in [-0.25, -0.2) is 0 Å². The van der Waals surface area contributed by atoms with E-state index in [1.165, 1.54) is 7.11 Å². The molecule has 0 bridgehead atoms. The molecular formula is C10H20O3. The number of aliphatic hydroxyl groups excluding tert-OH is 1. The average molecular weight is 188 g/mol. The fraction of sp³-hybridized carbons (Fsp3) is 0.900. The van der Waals surface area contributed by atoms with Gasteiger partial charge in [0.25, 0.3) is 0 Å². The van der Waals surface area contributed by atoms with Gasteiger partial charge in [-0.3, -0.25) is 4.79 Å². The van der Waals surface area contributed by atoms with Gasteiger partial charge >= 0.3 is 5.97 Å². The Morgan fingerprint density at radius 1 is 1.54 bits per heavy atom. The Hall–Kier alpha value is -0.570. The topological polar surface area (TPSA) is 46.5 Å². The van der Waals surface area contributed by atoms with E-state index in [1.54, 1.807) is 0 Å². The van der Waals surface area contributed by atoms with Crippen molar-refractivity contribution in [3.8, 4) is 0 Å². The summed E-state index contributed by atoms with van der Waals surface area (Å²) in [5.41, 5.74) is 0. The van der Waals surface area contributed by atoms with Gasteiger partial charge < -0.3 is 9.84 Å². The molecule has 0 aliphatic rings. The van der Waals surface area contributed by atoms with Crippen LogP contribution in [0.4, 0.5) is 0 Å². The lowest BCUT2D eigenvalue weighted by molar-refractivity contribution is -0.142. The molecule has 0 aliphatic carbocycles. The van der Waals surface area contributed by atoms with Crippen molar-refractivity contribution in [2.75, 3.05) is 7.11 Å². The van der Waals surface area contributed by atoms with Crippen molar-refractivity contribution < 1.29 is 14.6 Å². The summed E-state index contributed by atoms with van der Waals surface area (Å²) < 4.78 is 4.53. The van der Waals surface area contributed by atoms with Gasteiger partial charge in [-0.1, -0.05) is 26.7 Å². The van der Waals surface area contributed by atoms with Crippen LogP contribution < -0.4 is 0 Å². The van der Waals surface area contributed by atoms with E-state index in [-0.39, 0.29) is 18.0 Å². The van der Waals surface area contributed by atoms with Crippen LogP contribution in [0.25, 0.3) is 0 Å². The third-order valence-corrected chi connectivity index (χ3v) is 2.23. The molecular weight excluding hydrogens is 168 g/mol. The molecule has 0 aromatic heterocycles. The Labute approximate surface area is 80.1 Å². The van der Waals surface area contributed by atoms with E-state index in [4.69, 9.17) is 0 Å². The van der Waals surface area contributed by atoms with Crippen LogP contribution in [0.3, 0.4) is 0 Å². The number of hydrogen-bond acceptors (Lipinski definition) is 3. The Morgan fingerprint density at radius 3 is 2.62 bits per heavy atom. The number of esters is 1. The standard InChI is InChI=1S/C10H20O3/c1-4-5-6-9(11)8(2)7-10(12)13-3/h8-9,11H,4-7H2,1-3H3. The molecule has 0 rings (SSSR count). The molecule has 0 fully saturated rings. The van der Waals surface area contributed by atoms with Crippen molar-refractivity contribution in [1.82, 2.24) is 0 Å². The van der Waals surface area contributed by atoms with Crippen LogP contribution in [-0.2, 0) is 9.53 Å². The maximum absolute atomic E-state index is 10.9. The second-order valence-corrected chi connectivity index (χ2v) is 3.47. The van der Waals surface area contributed by atoms with Gasteiger partial charge in [-0.2, -0.15) is 0 Å². The van der Waals surface area contributed by atoms with Crippen LogP contribution in [-0.4, -0.2) is 24.3 Å². The Morgan fingerprint density at radius 2 is 2.15 bits per heavy atom. The zero-order valence-corrected chi connectivity index (χ0v) is 8.75. The minimum absolute atomic E-state index is 0.000926. The molecule has 0 saturated heterocycles. The maximum Gasteiger partial charge on any atom is 0.305 e. The molecule has 0 heterocycles. The lowest BCUT2D eigenvalue weighted by atomic mass is 9.97. The van der Waals surface area contributed by atoms with Gasteiger partial charge in [0.15, 0.2) is 0 Å². The second-order valence-electron chi connectivity index (χ2n) is 3.47. The Balaban J connectivity index is 3.68. The molecule has 78 valence electrons. The number of carbonyl (C=O) groups excluding carboxylic acids is 1. The van der Waals surface area contributed by atoms with Gasteiger partial charge in [0.1, 0.15) is 0 Å². The summed E-state index contributed by atoms with van der Waals surface area (Å²) >= 11 is 0. The van der Waals surface area contributed by atoms with Crippen molar-refractivity contribution in [3.05, 3.63) is 0 Å². The summed E-state index contributed by atoms with van der Waals surface area (Å²) in [5.74, 6) is -0.248. The molecule has 0 amide bonds. The fourth-order valence-corrected chi connectivity index (χ4v) is 1.18. The van der Waals surface area contributed by atoms with Crippen LogP contribution in [0.2, 0.25) is 0 Å². The lowest BCUT2D eigenvalue weighted by Crippen LogP contribution is -2.21. The highest BCUT2D eigenvalue weighted by molar-refractivity contribution is 5.69. The number of aliphatic hydroxyl groups is 1. The van der Waals surface area contributed by atoms with Gasteiger partial charge in [-0.05, 0) is 12.3 Å². The second kappa shape index (κ2) is 6.89. The molecule has 0 saturated carbocycles. The van der Waals surface area contributed by atoms with Crippen LogP contribution in [0.5, 0.6) is 0 Å². The summed E-state index contributed by atoms with van der Waals surface area (Å²) in [6.45, 7) is 3.95. The maximum atomic E-state index is 10.9. The number of methoxy groups -OCH3 is 1. The van der Waals surface area contributed by atoms with Crippen molar-refractivity contribution in [1.29, 1.82) is 0 Å². The highest BCUT2D eigenvalue weighted by atomic mass is 16.5. The summed E-state index contributed by atoms with van der Waals surface area (Å²) in [5, 5.41) is 9.59. The van der Waals surface area contributed by atoms with Crippen LogP contribution in [0.1, 0.15) is 39.5 Å². The molecule has 0 aromatic carbocycles. The van der Waals surface area contributed by atoms with Crippen LogP contribution in [0.15, 0.2) is 0 Å². The number of unbranched alkanes of at least 4 members (excludes halogenated alkanes) is 1. The van der Waals surface area contributed by atoms with Crippen LogP contribution >= 0.6 is 0 Å². The van der Waals surface area contributed by atoms with Crippen molar-refractivity contribution in [3.63, 3.8) is 0 Å².